The van der Waals surface area contributed by atoms with Gasteiger partial charge in [0, 0.05) is 66.5 Å². The standard InChI is InChI=1S/C56H56N4/c1-33(2)37-9-17-41(18-10-37)53-45-25-27-47(57-45)54(42-19-11-38(12-20-42)34(3)4)49-29-31-51(59-49)56(44-23-15-40(16-24-44)36(7)8)52-32-30-50(60-52)55(48-28-26-46(53)58-48)43-21-13-39(14-22-43)35(5)6/h9-36,57-60H,1-8H3/b53-45-,53-46?,54-47-,54-49?,55-48?,55-50-,56-51?,56-52-. The Bertz CT molecular complexity index is 2630. The van der Waals surface area contributed by atoms with E-state index in [1.807, 2.05) is 0 Å². The third kappa shape index (κ3) is 7.36. The summed E-state index contributed by atoms with van der Waals surface area (Å²) in [6, 6.07) is 54.3. The van der Waals surface area contributed by atoms with Gasteiger partial charge in [0.15, 0.2) is 0 Å². The van der Waals surface area contributed by atoms with Crippen molar-refractivity contribution < 1.29 is 0 Å². The number of aromatic nitrogens is 4. The summed E-state index contributed by atoms with van der Waals surface area (Å²) in [5.74, 6) is 1.79. The summed E-state index contributed by atoms with van der Waals surface area (Å²) in [6.45, 7) is 18.0. The Morgan fingerprint density at radius 2 is 0.433 bits per heavy atom. The molecule has 4 aromatic heterocycles. The first-order valence-corrected chi connectivity index (χ1v) is 21.7. The molecule has 4 aromatic carbocycles. The number of fused-ring (bicyclic) bond motifs is 8. The molecule has 0 unspecified atom stereocenters. The highest BCUT2D eigenvalue weighted by atomic mass is 14.8. The molecule has 1 aliphatic rings. The van der Waals surface area contributed by atoms with Gasteiger partial charge in [-0.1, -0.05) is 152 Å². The normalized spacial score (nSPS) is 16.7. The van der Waals surface area contributed by atoms with Gasteiger partial charge in [-0.25, -0.2) is 0 Å². The van der Waals surface area contributed by atoms with E-state index in [4.69, 9.17) is 0 Å². The van der Waals surface area contributed by atoms with E-state index in [1.165, 1.54) is 22.3 Å². The van der Waals surface area contributed by atoms with Crippen LogP contribution in [0.3, 0.4) is 0 Å². The molecule has 0 amide bonds. The number of benzene rings is 4. The fraction of sp³-hybridized carbons (Fsp3) is 0.214. The minimum atomic E-state index is 0.447. The molecule has 0 fully saturated rings. The molecule has 5 heterocycles. The highest BCUT2D eigenvalue weighted by Crippen LogP contribution is 2.30. The Hall–Kier alpha value is -6.52. The number of hydrogen-bond donors (Lipinski definition) is 4. The fourth-order valence-corrected chi connectivity index (χ4v) is 8.71. The number of nitrogens with one attached hydrogen (secondary N) is 4. The van der Waals surface area contributed by atoms with Crippen LogP contribution in [0, 0.1) is 0 Å². The molecule has 8 bridgehead atoms. The van der Waals surface area contributed by atoms with Crippen LogP contribution in [0.15, 0.2) is 146 Å². The van der Waals surface area contributed by atoms with Crippen molar-refractivity contribution in [1.82, 2.24) is 19.9 Å². The van der Waals surface area contributed by atoms with Gasteiger partial charge in [0.1, 0.15) is 0 Å². The van der Waals surface area contributed by atoms with Gasteiger partial charge >= 0.3 is 0 Å². The fourth-order valence-electron chi connectivity index (χ4n) is 8.71. The van der Waals surface area contributed by atoms with E-state index in [0.29, 0.717) is 23.7 Å². The van der Waals surface area contributed by atoms with Crippen molar-refractivity contribution in [2.45, 2.75) is 79.1 Å². The Balaban J connectivity index is 1.39. The predicted octanol–water partition coefficient (Wildman–Crippen LogP) is 10.8. The molecule has 0 atom stereocenters. The van der Waals surface area contributed by atoms with Crippen LogP contribution in [-0.2, 0) is 0 Å². The van der Waals surface area contributed by atoms with E-state index in [-0.39, 0.29) is 0 Å². The maximum absolute atomic E-state index is 3.95. The minimum absolute atomic E-state index is 0.447. The smallest absolute Gasteiger partial charge is 0.0485 e. The van der Waals surface area contributed by atoms with Gasteiger partial charge < -0.3 is 19.9 Å². The van der Waals surface area contributed by atoms with Crippen LogP contribution in [0.2, 0.25) is 0 Å². The van der Waals surface area contributed by atoms with Crippen LogP contribution in [0.4, 0.5) is 0 Å². The molecule has 4 heteroatoms. The highest BCUT2D eigenvalue weighted by Gasteiger charge is 2.19. The average molecular weight is 785 g/mol. The van der Waals surface area contributed by atoms with Crippen molar-refractivity contribution >= 4 is 22.3 Å². The van der Waals surface area contributed by atoms with E-state index >= 15 is 0 Å². The number of H-pyrrole nitrogens is 4. The SMILES string of the molecule is CC(C)c1ccc(/C2=c3\cc/c([nH]3)=C(\c3ccc(C(C)C)cc3)c3ccc([nH]3)/C(c3ccc(C(C)C)cc3)=c3/cc/c([nH]3)=C(\c3ccc(C(C)C)cc3)c3ccc2[nH]3)cc1. The first-order valence-electron chi connectivity index (χ1n) is 21.7. The molecule has 4 N–H and O–H groups in total. The zero-order valence-corrected chi connectivity index (χ0v) is 36.2. The van der Waals surface area contributed by atoms with Crippen LogP contribution in [0.5, 0.6) is 0 Å². The Morgan fingerprint density at radius 1 is 0.233 bits per heavy atom. The maximum Gasteiger partial charge on any atom is 0.0485 e. The molecule has 0 saturated carbocycles. The van der Waals surface area contributed by atoms with Gasteiger partial charge in [-0.15, -0.1) is 0 Å². The van der Waals surface area contributed by atoms with Gasteiger partial charge in [0.05, 0.1) is 0 Å². The minimum Gasteiger partial charge on any atom is -0.354 e. The zero-order valence-electron chi connectivity index (χ0n) is 36.2. The second kappa shape index (κ2) is 15.9. The third-order valence-corrected chi connectivity index (χ3v) is 12.4. The molecule has 0 spiro atoms. The van der Waals surface area contributed by atoms with Crippen molar-refractivity contribution in [3.63, 3.8) is 0 Å². The Kier molecular flexibility index (Phi) is 10.3. The van der Waals surface area contributed by atoms with Crippen molar-refractivity contribution in [2.75, 3.05) is 0 Å². The Morgan fingerprint density at radius 3 is 0.617 bits per heavy atom. The first-order chi connectivity index (χ1) is 29.0. The molecular formula is C56H56N4. The Labute approximate surface area is 354 Å². The summed E-state index contributed by atoms with van der Waals surface area (Å²) in [4.78, 5) is 15.8. The summed E-state index contributed by atoms with van der Waals surface area (Å²) >= 11 is 0. The maximum atomic E-state index is 3.95. The van der Waals surface area contributed by atoms with E-state index in [9.17, 15) is 0 Å². The average Bonchev–Trinajstić information content (AvgIpc) is 4.10. The number of aromatic amines is 4. The second-order valence-corrected chi connectivity index (χ2v) is 17.7. The molecule has 0 aliphatic carbocycles. The van der Waals surface area contributed by atoms with Gasteiger partial charge in [0.25, 0.3) is 0 Å². The molecular weight excluding hydrogens is 729 g/mol. The lowest BCUT2D eigenvalue weighted by atomic mass is 9.97. The lowest BCUT2D eigenvalue weighted by Crippen LogP contribution is -2.19. The summed E-state index contributed by atoms with van der Waals surface area (Å²) in [7, 11) is 0. The van der Waals surface area contributed by atoms with Crippen LogP contribution < -0.4 is 21.4 Å². The second-order valence-electron chi connectivity index (χ2n) is 17.7. The monoisotopic (exact) mass is 784 g/mol. The summed E-state index contributed by atoms with van der Waals surface area (Å²) < 4.78 is 0. The van der Waals surface area contributed by atoms with E-state index in [1.54, 1.807) is 0 Å². The summed E-state index contributed by atoms with van der Waals surface area (Å²) in [5.41, 5.74) is 18.6. The van der Waals surface area contributed by atoms with Crippen LogP contribution in [0.25, 0.3) is 22.3 Å². The van der Waals surface area contributed by atoms with Crippen LogP contribution in [-0.4, -0.2) is 19.9 Å². The van der Waals surface area contributed by atoms with E-state index < -0.39 is 0 Å². The van der Waals surface area contributed by atoms with Crippen LogP contribution >= 0.6 is 0 Å². The van der Waals surface area contributed by atoms with Gasteiger partial charge in [-0.05, 0) is 117 Å². The lowest BCUT2D eigenvalue weighted by molar-refractivity contribution is 0.866. The van der Waals surface area contributed by atoms with Crippen molar-refractivity contribution in [3.8, 4) is 0 Å². The van der Waals surface area contributed by atoms with Gasteiger partial charge in [-0.3, -0.25) is 0 Å². The zero-order chi connectivity index (χ0) is 41.7. The topological polar surface area (TPSA) is 63.2 Å². The quantitative estimate of drug-likeness (QED) is 0.119. The van der Waals surface area contributed by atoms with Crippen LogP contribution in [0.1, 0.15) is 146 Å². The molecule has 4 nitrogen and oxygen atoms in total. The first kappa shape index (κ1) is 39.0. The molecule has 1 aliphatic heterocycles. The van der Waals surface area contributed by atoms with Crippen molar-refractivity contribution in [1.29, 1.82) is 0 Å². The molecule has 60 heavy (non-hydrogen) atoms. The molecule has 8 aromatic rings. The van der Waals surface area contributed by atoms with E-state index in [2.05, 4.69) is 221 Å². The summed E-state index contributed by atoms with van der Waals surface area (Å²) in [6.07, 6.45) is 0. The molecule has 9 rings (SSSR count). The lowest BCUT2D eigenvalue weighted by Gasteiger charge is -2.12. The third-order valence-electron chi connectivity index (χ3n) is 12.4. The predicted molar refractivity (Wildman–Crippen MR) is 250 cm³/mol. The molecule has 0 radical (unpaired) electrons. The van der Waals surface area contributed by atoms with E-state index in [0.717, 1.165) is 88.7 Å². The molecule has 300 valence electrons. The van der Waals surface area contributed by atoms with Gasteiger partial charge in [0.2, 0.25) is 0 Å². The number of hydrogen-bond acceptors (Lipinski definition) is 0. The van der Waals surface area contributed by atoms with Gasteiger partial charge in [-0.2, -0.15) is 0 Å². The van der Waals surface area contributed by atoms with Crippen molar-refractivity contribution in [2.24, 2.45) is 0 Å². The molecule has 0 saturated heterocycles. The summed E-state index contributed by atoms with van der Waals surface area (Å²) in [5, 5.41) is 4.20. The largest absolute Gasteiger partial charge is 0.354 e. The number of rotatable bonds is 8. The van der Waals surface area contributed by atoms with Crippen molar-refractivity contribution in [3.05, 3.63) is 234 Å². The highest BCUT2D eigenvalue weighted by molar-refractivity contribution is 5.85.